The van der Waals surface area contributed by atoms with E-state index in [-0.39, 0.29) is 29.3 Å². The second-order valence-corrected chi connectivity index (χ2v) is 7.54. The van der Waals surface area contributed by atoms with E-state index < -0.39 is 10.0 Å². The van der Waals surface area contributed by atoms with Crippen LogP contribution in [0.15, 0.2) is 23.1 Å². The van der Waals surface area contributed by atoms with Gasteiger partial charge in [-0.3, -0.25) is 0 Å². The number of benzene rings is 1. The highest BCUT2D eigenvalue weighted by Gasteiger charge is 2.29. The maximum absolute atomic E-state index is 12.5. The van der Waals surface area contributed by atoms with Gasteiger partial charge in [0.25, 0.3) is 0 Å². The molecular weight excluding hydrogens is 331 g/mol. The van der Waals surface area contributed by atoms with Gasteiger partial charge in [-0.15, -0.1) is 12.4 Å². The largest absolute Gasteiger partial charge is 0.330 e. The lowest BCUT2D eigenvalue weighted by atomic mass is 9.85. The molecule has 1 aromatic rings. The van der Waals surface area contributed by atoms with Gasteiger partial charge in [0.1, 0.15) is 0 Å². The molecular formula is C14H22Cl2N2O2S. The van der Waals surface area contributed by atoms with E-state index in [2.05, 4.69) is 4.72 Å². The number of aryl methyl sites for hydroxylation is 1. The number of nitrogens with two attached hydrogens (primary N) is 1. The molecule has 7 heteroatoms. The average molecular weight is 353 g/mol. The molecule has 1 aliphatic rings. The molecule has 4 nitrogen and oxygen atoms in total. The van der Waals surface area contributed by atoms with Crippen molar-refractivity contribution >= 4 is 34.0 Å². The van der Waals surface area contributed by atoms with Crippen molar-refractivity contribution in [1.29, 1.82) is 0 Å². The molecule has 0 amide bonds. The van der Waals surface area contributed by atoms with Crippen LogP contribution < -0.4 is 10.5 Å². The molecule has 0 aliphatic heterocycles. The molecule has 1 aromatic carbocycles. The first kappa shape index (κ1) is 18.7. The summed E-state index contributed by atoms with van der Waals surface area (Å²) >= 11 is 5.91. The normalized spacial score (nSPS) is 22.6. The summed E-state index contributed by atoms with van der Waals surface area (Å²) in [6.07, 6.45) is 3.99. The Morgan fingerprint density at radius 2 is 2.00 bits per heavy atom. The number of hydrogen-bond acceptors (Lipinski definition) is 3. The number of sulfonamides is 1. The molecule has 1 saturated carbocycles. The van der Waals surface area contributed by atoms with Crippen LogP contribution in [0.5, 0.6) is 0 Å². The van der Waals surface area contributed by atoms with Gasteiger partial charge in [-0.1, -0.05) is 30.5 Å². The van der Waals surface area contributed by atoms with Crippen molar-refractivity contribution in [2.24, 2.45) is 11.7 Å². The SMILES string of the molecule is Cc1ccc(Cl)cc1S(=O)(=O)NC1CCCCC1CN.Cl. The molecule has 0 saturated heterocycles. The zero-order chi connectivity index (χ0) is 14.8. The molecule has 2 unspecified atom stereocenters. The summed E-state index contributed by atoms with van der Waals surface area (Å²) in [6.45, 7) is 2.29. The summed E-state index contributed by atoms with van der Waals surface area (Å²) in [5.41, 5.74) is 6.45. The highest BCUT2D eigenvalue weighted by molar-refractivity contribution is 7.89. The van der Waals surface area contributed by atoms with E-state index in [1.807, 2.05) is 0 Å². The van der Waals surface area contributed by atoms with E-state index >= 15 is 0 Å². The first-order valence-corrected chi connectivity index (χ1v) is 8.78. The minimum atomic E-state index is -3.55. The molecule has 0 aromatic heterocycles. The molecule has 0 spiro atoms. The van der Waals surface area contributed by atoms with Gasteiger partial charge in [0.05, 0.1) is 4.90 Å². The van der Waals surface area contributed by atoms with Crippen LogP contribution in [0.25, 0.3) is 0 Å². The molecule has 120 valence electrons. The Morgan fingerprint density at radius 1 is 1.33 bits per heavy atom. The van der Waals surface area contributed by atoms with Crippen molar-refractivity contribution in [3.05, 3.63) is 28.8 Å². The van der Waals surface area contributed by atoms with Gasteiger partial charge in [-0.25, -0.2) is 13.1 Å². The lowest BCUT2D eigenvalue weighted by molar-refractivity contribution is 0.296. The van der Waals surface area contributed by atoms with Crippen LogP contribution in [0.1, 0.15) is 31.2 Å². The van der Waals surface area contributed by atoms with Gasteiger partial charge < -0.3 is 5.73 Å². The molecule has 1 aliphatic carbocycles. The van der Waals surface area contributed by atoms with Crippen LogP contribution in [0, 0.1) is 12.8 Å². The highest BCUT2D eigenvalue weighted by Crippen LogP contribution is 2.26. The number of hydrogen-bond donors (Lipinski definition) is 2. The maximum atomic E-state index is 12.5. The van der Waals surface area contributed by atoms with E-state index in [0.717, 1.165) is 25.7 Å². The summed E-state index contributed by atoms with van der Waals surface area (Å²) < 4.78 is 27.9. The Morgan fingerprint density at radius 3 is 2.67 bits per heavy atom. The third kappa shape index (κ3) is 4.57. The van der Waals surface area contributed by atoms with Crippen LogP contribution in [-0.2, 0) is 10.0 Å². The molecule has 2 rings (SSSR count). The van der Waals surface area contributed by atoms with E-state index in [1.165, 1.54) is 6.07 Å². The third-order valence-electron chi connectivity index (χ3n) is 3.96. The lowest BCUT2D eigenvalue weighted by Gasteiger charge is -2.31. The molecule has 0 heterocycles. The molecule has 21 heavy (non-hydrogen) atoms. The second kappa shape index (κ2) is 7.79. The molecule has 0 bridgehead atoms. The van der Waals surface area contributed by atoms with E-state index in [0.29, 0.717) is 17.1 Å². The Bertz CT molecular complexity index is 578. The predicted octanol–water partition coefficient (Wildman–Crippen LogP) is 2.87. The minimum absolute atomic E-state index is 0. The van der Waals surface area contributed by atoms with Crippen molar-refractivity contribution in [3.63, 3.8) is 0 Å². The van der Waals surface area contributed by atoms with Gasteiger partial charge in [0.2, 0.25) is 10.0 Å². The number of rotatable bonds is 4. The monoisotopic (exact) mass is 352 g/mol. The molecule has 2 atom stereocenters. The summed E-state index contributed by atoms with van der Waals surface area (Å²) in [7, 11) is -3.55. The fraction of sp³-hybridized carbons (Fsp3) is 0.571. The van der Waals surface area contributed by atoms with Crippen molar-refractivity contribution in [2.75, 3.05) is 6.54 Å². The maximum Gasteiger partial charge on any atom is 0.241 e. The van der Waals surface area contributed by atoms with Crippen LogP contribution in [0.3, 0.4) is 0 Å². The van der Waals surface area contributed by atoms with Gasteiger partial charge in [-0.2, -0.15) is 0 Å². The highest BCUT2D eigenvalue weighted by atomic mass is 35.5. The Kier molecular flexibility index (Phi) is 6.94. The molecule has 3 N–H and O–H groups in total. The fourth-order valence-corrected chi connectivity index (χ4v) is 4.62. The number of halogens is 2. The van der Waals surface area contributed by atoms with E-state index in [1.54, 1.807) is 19.1 Å². The first-order valence-electron chi connectivity index (χ1n) is 6.92. The summed E-state index contributed by atoms with van der Waals surface area (Å²) in [6, 6.07) is 4.84. The Balaban J connectivity index is 0.00000220. The van der Waals surface area contributed by atoms with Gasteiger partial charge in [-0.05, 0) is 49.9 Å². The Hall–Kier alpha value is -0.330. The predicted molar refractivity (Wildman–Crippen MR) is 88.6 cm³/mol. The molecule has 1 fully saturated rings. The van der Waals surface area contributed by atoms with Crippen molar-refractivity contribution in [2.45, 2.75) is 43.5 Å². The second-order valence-electron chi connectivity index (χ2n) is 5.42. The smallest absolute Gasteiger partial charge is 0.241 e. The van der Waals surface area contributed by atoms with Crippen LogP contribution >= 0.6 is 24.0 Å². The summed E-state index contributed by atoms with van der Waals surface area (Å²) in [4.78, 5) is 0.256. The van der Waals surface area contributed by atoms with Crippen molar-refractivity contribution in [1.82, 2.24) is 4.72 Å². The zero-order valence-corrected chi connectivity index (χ0v) is 14.4. The average Bonchev–Trinajstić information content (AvgIpc) is 2.41. The van der Waals surface area contributed by atoms with E-state index in [9.17, 15) is 8.42 Å². The number of nitrogens with one attached hydrogen (secondary N) is 1. The van der Waals surface area contributed by atoms with E-state index in [4.69, 9.17) is 17.3 Å². The lowest BCUT2D eigenvalue weighted by Crippen LogP contribution is -2.44. The standard InChI is InChI=1S/C14H21ClN2O2S.ClH/c1-10-6-7-12(15)8-14(10)20(18,19)17-13-5-3-2-4-11(13)9-16;/h6-8,11,13,17H,2-5,9,16H2,1H3;1H. The Labute approximate surface area is 137 Å². The zero-order valence-electron chi connectivity index (χ0n) is 12.0. The topological polar surface area (TPSA) is 72.2 Å². The van der Waals surface area contributed by atoms with Crippen LogP contribution in [-0.4, -0.2) is 21.0 Å². The first-order chi connectivity index (χ1) is 9.44. The fourth-order valence-electron chi connectivity index (χ4n) is 2.77. The third-order valence-corrected chi connectivity index (χ3v) is 5.83. The quantitative estimate of drug-likeness (QED) is 0.874. The van der Waals surface area contributed by atoms with Gasteiger partial charge >= 0.3 is 0 Å². The van der Waals surface area contributed by atoms with Gasteiger partial charge in [0, 0.05) is 11.1 Å². The van der Waals surface area contributed by atoms with Crippen LogP contribution in [0.2, 0.25) is 5.02 Å². The molecule has 0 radical (unpaired) electrons. The minimum Gasteiger partial charge on any atom is -0.330 e. The van der Waals surface area contributed by atoms with Crippen LogP contribution in [0.4, 0.5) is 0 Å². The summed E-state index contributed by atoms with van der Waals surface area (Å²) in [5, 5.41) is 0.426. The van der Waals surface area contributed by atoms with Gasteiger partial charge in [0.15, 0.2) is 0 Å². The van der Waals surface area contributed by atoms with Crippen molar-refractivity contribution < 1.29 is 8.42 Å². The van der Waals surface area contributed by atoms with Crippen molar-refractivity contribution in [3.8, 4) is 0 Å². The summed E-state index contributed by atoms with van der Waals surface area (Å²) in [5.74, 6) is 0.220.